The molecule has 3 heteroatoms. The SMILES string of the molecule is CCNC1CC2(CCC2)Oc2cc(F)ccc21. The summed E-state index contributed by atoms with van der Waals surface area (Å²) in [5, 5.41) is 3.48. The van der Waals surface area contributed by atoms with E-state index >= 15 is 0 Å². The number of hydrogen-bond donors (Lipinski definition) is 1. The number of rotatable bonds is 2. The summed E-state index contributed by atoms with van der Waals surface area (Å²) in [5.41, 5.74) is 1.08. The molecule has 1 spiro atoms. The Morgan fingerprint density at radius 3 is 2.94 bits per heavy atom. The average Bonchev–Trinajstić information content (AvgIpc) is 2.26. The standard InChI is InChI=1S/C14H18FNO/c1-2-16-12-9-14(6-3-7-14)17-13-8-10(15)4-5-11(12)13/h4-5,8,12,16H,2-3,6-7,9H2,1H3. The summed E-state index contributed by atoms with van der Waals surface area (Å²) < 4.78 is 19.3. The summed E-state index contributed by atoms with van der Waals surface area (Å²) >= 11 is 0. The van der Waals surface area contributed by atoms with Crippen LogP contribution in [0.15, 0.2) is 18.2 Å². The summed E-state index contributed by atoms with van der Waals surface area (Å²) in [6.07, 6.45) is 4.44. The molecule has 1 N–H and O–H groups in total. The fourth-order valence-corrected chi connectivity index (χ4v) is 2.95. The molecule has 1 fully saturated rings. The van der Waals surface area contributed by atoms with Gasteiger partial charge in [0.1, 0.15) is 17.2 Å². The van der Waals surface area contributed by atoms with Crippen LogP contribution in [0.25, 0.3) is 0 Å². The number of fused-ring (bicyclic) bond motifs is 1. The minimum absolute atomic E-state index is 0.0202. The number of nitrogens with one attached hydrogen (secondary N) is 1. The van der Waals surface area contributed by atoms with Gasteiger partial charge in [-0.15, -0.1) is 0 Å². The van der Waals surface area contributed by atoms with E-state index in [0.29, 0.717) is 6.04 Å². The zero-order valence-electron chi connectivity index (χ0n) is 10.1. The van der Waals surface area contributed by atoms with E-state index in [1.165, 1.54) is 18.6 Å². The van der Waals surface area contributed by atoms with E-state index < -0.39 is 0 Å². The molecule has 0 saturated heterocycles. The van der Waals surface area contributed by atoms with Crippen molar-refractivity contribution in [2.45, 2.75) is 44.2 Å². The lowest BCUT2D eigenvalue weighted by molar-refractivity contribution is -0.0369. The Kier molecular flexibility index (Phi) is 2.58. The molecule has 2 nitrogen and oxygen atoms in total. The molecule has 0 radical (unpaired) electrons. The lowest BCUT2D eigenvalue weighted by Crippen LogP contribution is -2.49. The molecule has 1 atom stereocenters. The molecule has 2 aliphatic rings. The molecule has 1 unspecified atom stereocenters. The maximum absolute atomic E-state index is 13.3. The highest BCUT2D eigenvalue weighted by molar-refractivity contribution is 5.40. The summed E-state index contributed by atoms with van der Waals surface area (Å²) in [6.45, 7) is 3.03. The molecule has 0 aromatic heterocycles. The molecule has 1 heterocycles. The average molecular weight is 235 g/mol. The van der Waals surface area contributed by atoms with Gasteiger partial charge in [-0.25, -0.2) is 4.39 Å². The summed E-state index contributed by atoms with van der Waals surface area (Å²) in [5.74, 6) is 0.525. The molecular weight excluding hydrogens is 217 g/mol. The molecule has 3 rings (SSSR count). The van der Waals surface area contributed by atoms with Gasteiger partial charge >= 0.3 is 0 Å². The van der Waals surface area contributed by atoms with Crippen molar-refractivity contribution in [1.29, 1.82) is 0 Å². The number of benzene rings is 1. The Balaban J connectivity index is 1.96. The quantitative estimate of drug-likeness (QED) is 0.850. The lowest BCUT2D eigenvalue weighted by Gasteiger charge is -2.48. The van der Waals surface area contributed by atoms with E-state index in [0.717, 1.165) is 37.1 Å². The van der Waals surface area contributed by atoms with Crippen LogP contribution in [0.5, 0.6) is 5.75 Å². The zero-order chi connectivity index (χ0) is 11.9. The van der Waals surface area contributed by atoms with Crippen LogP contribution in [0.4, 0.5) is 4.39 Å². The highest BCUT2D eigenvalue weighted by Gasteiger charge is 2.45. The Labute approximate surface area is 101 Å². The van der Waals surface area contributed by atoms with Crippen molar-refractivity contribution in [1.82, 2.24) is 5.32 Å². The van der Waals surface area contributed by atoms with Crippen LogP contribution in [-0.2, 0) is 0 Å². The highest BCUT2D eigenvalue weighted by atomic mass is 19.1. The van der Waals surface area contributed by atoms with Crippen LogP contribution in [0, 0.1) is 5.82 Å². The van der Waals surface area contributed by atoms with Gasteiger partial charge in [-0.3, -0.25) is 0 Å². The molecule has 17 heavy (non-hydrogen) atoms. The van der Waals surface area contributed by atoms with E-state index in [1.807, 2.05) is 6.07 Å². The van der Waals surface area contributed by atoms with Crippen LogP contribution in [0.3, 0.4) is 0 Å². The maximum atomic E-state index is 13.3. The fourth-order valence-electron chi connectivity index (χ4n) is 2.95. The van der Waals surface area contributed by atoms with E-state index in [-0.39, 0.29) is 11.4 Å². The lowest BCUT2D eigenvalue weighted by atomic mass is 9.73. The van der Waals surface area contributed by atoms with Gasteiger partial charge in [0, 0.05) is 24.1 Å². The van der Waals surface area contributed by atoms with E-state index in [9.17, 15) is 4.39 Å². The first-order valence-corrected chi connectivity index (χ1v) is 6.44. The molecule has 1 aliphatic heterocycles. The maximum Gasteiger partial charge on any atom is 0.127 e. The van der Waals surface area contributed by atoms with Crippen molar-refractivity contribution in [3.63, 3.8) is 0 Å². The summed E-state index contributed by atoms with van der Waals surface area (Å²) in [6, 6.07) is 5.21. The molecule has 1 aromatic carbocycles. The van der Waals surface area contributed by atoms with Crippen LogP contribution in [0.2, 0.25) is 0 Å². The van der Waals surface area contributed by atoms with Gasteiger partial charge in [-0.05, 0) is 31.9 Å². The van der Waals surface area contributed by atoms with Crippen LogP contribution < -0.4 is 10.1 Å². The van der Waals surface area contributed by atoms with Crippen LogP contribution >= 0.6 is 0 Å². The van der Waals surface area contributed by atoms with E-state index in [1.54, 1.807) is 0 Å². The zero-order valence-corrected chi connectivity index (χ0v) is 10.1. The van der Waals surface area contributed by atoms with Gasteiger partial charge in [-0.2, -0.15) is 0 Å². The number of halogens is 1. The highest BCUT2D eigenvalue weighted by Crippen LogP contribution is 2.48. The normalized spacial score (nSPS) is 24.9. The topological polar surface area (TPSA) is 21.3 Å². The van der Waals surface area contributed by atoms with Crippen molar-refractivity contribution in [2.75, 3.05) is 6.54 Å². The third-order valence-corrected chi connectivity index (χ3v) is 3.97. The molecular formula is C14H18FNO. The minimum atomic E-state index is -0.213. The predicted octanol–water partition coefficient (Wildman–Crippen LogP) is 3.18. The second-order valence-electron chi connectivity index (χ2n) is 5.14. The molecule has 0 amide bonds. The summed E-state index contributed by atoms with van der Waals surface area (Å²) in [7, 11) is 0. The predicted molar refractivity (Wildman–Crippen MR) is 64.6 cm³/mol. The first kappa shape index (κ1) is 11.0. The molecule has 92 valence electrons. The first-order valence-electron chi connectivity index (χ1n) is 6.44. The van der Waals surface area contributed by atoms with Crippen molar-refractivity contribution in [2.24, 2.45) is 0 Å². The van der Waals surface area contributed by atoms with Crippen molar-refractivity contribution in [3.8, 4) is 5.75 Å². The van der Waals surface area contributed by atoms with Crippen LogP contribution in [0.1, 0.15) is 44.2 Å². The molecule has 1 aliphatic carbocycles. The van der Waals surface area contributed by atoms with Gasteiger partial charge in [-0.1, -0.05) is 13.0 Å². The second kappa shape index (κ2) is 3.98. The fraction of sp³-hybridized carbons (Fsp3) is 0.571. The second-order valence-corrected chi connectivity index (χ2v) is 5.14. The van der Waals surface area contributed by atoms with Gasteiger partial charge in [0.05, 0.1) is 0 Å². The third-order valence-electron chi connectivity index (χ3n) is 3.97. The number of ether oxygens (including phenoxy) is 1. The van der Waals surface area contributed by atoms with Gasteiger partial charge in [0.25, 0.3) is 0 Å². The van der Waals surface area contributed by atoms with Crippen molar-refractivity contribution < 1.29 is 9.13 Å². The van der Waals surface area contributed by atoms with Crippen molar-refractivity contribution >= 4 is 0 Å². The number of hydrogen-bond acceptors (Lipinski definition) is 2. The minimum Gasteiger partial charge on any atom is -0.487 e. The van der Waals surface area contributed by atoms with Gasteiger partial charge in [0.2, 0.25) is 0 Å². The van der Waals surface area contributed by atoms with Crippen molar-refractivity contribution in [3.05, 3.63) is 29.6 Å². The van der Waals surface area contributed by atoms with E-state index in [2.05, 4.69) is 12.2 Å². The van der Waals surface area contributed by atoms with Gasteiger partial charge < -0.3 is 10.1 Å². The Hall–Kier alpha value is -1.09. The largest absolute Gasteiger partial charge is 0.487 e. The Morgan fingerprint density at radius 2 is 2.29 bits per heavy atom. The third kappa shape index (κ3) is 1.82. The molecule has 1 aromatic rings. The molecule has 1 saturated carbocycles. The summed E-state index contributed by atoms with van der Waals surface area (Å²) in [4.78, 5) is 0. The van der Waals surface area contributed by atoms with Crippen LogP contribution in [-0.4, -0.2) is 12.1 Å². The Morgan fingerprint density at radius 1 is 1.47 bits per heavy atom. The molecule has 0 bridgehead atoms. The monoisotopic (exact) mass is 235 g/mol. The van der Waals surface area contributed by atoms with E-state index in [4.69, 9.17) is 4.74 Å². The first-order chi connectivity index (χ1) is 8.22. The Bertz CT molecular complexity index is 428. The smallest absolute Gasteiger partial charge is 0.127 e. The van der Waals surface area contributed by atoms with Gasteiger partial charge in [0.15, 0.2) is 0 Å².